The van der Waals surface area contributed by atoms with Crippen LogP contribution in [0.5, 0.6) is 0 Å². The van der Waals surface area contributed by atoms with Crippen LogP contribution in [0.2, 0.25) is 0 Å². The van der Waals surface area contributed by atoms with Crippen LogP contribution in [0.15, 0.2) is 29.6 Å². The van der Waals surface area contributed by atoms with E-state index < -0.39 is 5.60 Å². The van der Waals surface area contributed by atoms with Crippen molar-refractivity contribution >= 4 is 17.2 Å². The third kappa shape index (κ3) is 4.50. The Kier molecular flexibility index (Phi) is 5.75. The molecular formula is C20H27N3O2S. The summed E-state index contributed by atoms with van der Waals surface area (Å²) in [5, 5.41) is 14.1. The number of carbonyl (C=O) groups excluding carboxylic acids is 1. The maximum atomic E-state index is 13.0. The summed E-state index contributed by atoms with van der Waals surface area (Å²) in [5.74, 6) is -0.161. The molecule has 6 heteroatoms. The van der Waals surface area contributed by atoms with Crippen LogP contribution in [-0.2, 0) is 17.9 Å². The standard InChI is InChI=1S/C20H27N3O2S/c1-15-6-4-7-17(10-15)11-23-9-5-8-20(25,19(23)24)14-22(3)12-18-13-26-16(2)21-18/h4,6-7,10,13,25H,5,8-9,11-12,14H2,1-3H3/t20-/m1/s1. The summed E-state index contributed by atoms with van der Waals surface area (Å²) in [6.07, 6.45) is 1.33. The molecule has 0 saturated carbocycles. The molecule has 2 aromatic rings. The Labute approximate surface area is 159 Å². The van der Waals surface area contributed by atoms with Gasteiger partial charge in [0.05, 0.1) is 10.7 Å². The molecule has 140 valence electrons. The van der Waals surface area contributed by atoms with Gasteiger partial charge in [0, 0.05) is 31.6 Å². The Balaban J connectivity index is 1.65. The maximum absolute atomic E-state index is 13.0. The van der Waals surface area contributed by atoms with Gasteiger partial charge in [0.2, 0.25) is 0 Å². The summed E-state index contributed by atoms with van der Waals surface area (Å²) < 4.78 is 0. The zero-order valence-electron chi connectivity index (χ0n) is 15.7. The van der Waals surface area contributed by atoms with Crippen LogP contribution in [0.3, 0.4) is 0 Å². The lowest BCUT2D eigenvalue weighted by molar-refractivity contribution is -0.160. The van der Waals surface area contributed by atoms with E-state index >= 15 is 0 Å². The molecule has 1 aliphatic heterocycles. The van der Waals surface area contributed by atoms with Crippen molar-refractivity contribution < 1.29 is 9.90 Å². The van der Waals surface area contributed by atoms with Crippen molar-refractivity contribution in [2.45, 2.75) is 45.4 Å². The molecule has 1 atom stereocenters. The number of aromatic nitrogens is 1. The molecule has 1 saturated heterocycles. The van der Waals surface area contributed by atoms with Crippen LogP contribution in [-0.4, -0.2) is 51.5 Å². The highest BCUT2D eigenvalue weighted by atomic mass is 32.1. The van der Waals surface area contributed by atoms with Crippen LogP contribution < -0.4 is 0 Å². The fourth-order valence-electron chi connectivity index (χ4n) is 3.65. The molecule has 3 rings (SSSR count). The Morgan fingerprint density at radius 1 is 1.38 bits per heavy atom. The van der Waals surface area contributed by atoms with Gasteiger partial charge in [-0.05, 0) is 39.3 Å². The number of benzene rings is 1. The van der Waals surface area contributed by atoms with Crippen LogP contribution in [0.25, 0.3) is 0 Å². The number of aliphatic hydroxyl groups is 1. The molecule has 0 radical (unpaired) electrons. The number of likely N-dealkylation sites (N-methyl/N-ethyl adjacent to an activating group) is 1. The zero-order valence-corrected chi connectivity index (χ0v) is 16.6. The number of nitrogens with zero attached hydrogens (tertiary/aromatic N) is 3. The van der Waals surface area contributed by atoms with Gasteiger partial charge >= 0.3 is 0 Å². The fourth-order valence-corrected chi connectivity index (χ4v) is 4.26. The SMILES string of the molecule is Cc1cccc(CN2CCC[C@@](O)(CN(C)Cc3csc(C)n3)C2=O)c1. The van der Waals surface area contributed by atoms with Gasteiger partial charge in [-0.2, -0.15) is 0 Å². The molecule has 1 N–H and O–H groups in total. The van der Waals surface area contributed by atoms with Gasteiger partial charge in [-0.25, -0.2) is 4.98 Å². The van der Waals surface area contributed by atoms with Gasteiger partial charge < -0.3 is 10.0 Å². The average molecular weight is 374 g/mol. The minimum atomic E-state index is -1.32. The lowest BCUT2D eigenvalue weighted by atomic mass is 9.90. The number of hydrogen-bond acceptors (Lipinski definition) is 5. The molecule has 0 unspecified atom stereocenters. The molecule has 0 spiro atoms. The third-order valence-electron chi connectivity index (χ3n) is 4.79. The number of rotatable bonds is 6. The Morgan fingerprint density at radius 2 is 2.19 bits per heavy atom. The third-order valence-corrected chi connectivity index (χ3v) is 5.61. The predicted octanol–water partition coefficient (Wildman–Crippen LogP) is 2.75. The molecule has 1 aliphatic rings. The number of aryl methyl sites for hydroxylation is 2. The first-order chi connectivity index (χ1) is 12.4. The smallest absolute Gasteiger partial charge is 0.256 e. The molecule has 0 aliphatic carbocycles. The second kappa shape index (κ2) is 7.86. The number of hydrogen-bond donors (Lipinski definition) is 1. The molecule has 1 aromatic heterocycles. The number of piperidine rings is 1. The highest BCUT2D eigenvalue weighted by Gasteiger charge is 2.42. The quantitative estimate of drug-likeness (QED) is 0.846. The molecule has 1 fully saturated rings. The van der Waals surface area contributed by atoms with E-state index in [1.165, 1.54) is 5.56 Å². The van der Waals surface area contributed by atoms with E-state index in [2.05, 4.69) is 11.1 Å². The molecule has 5 nitrogen and oxygen atoms in total. The summed E-state index contributed by atoms with van der Waals surface area (Å²) in [4.78, 5) is 21.2. The van der Waals surface area contributed by atoms with Crippen LogP contribution in [0.1, 0.15) is 34.7 Å². The topological polar surface area (TPSA) is 56.7 Å². The molecular weight excluding hydrogens is 346 g/mol. The number of carbonyl (C=O) groups is 1. The average Bonchev–Trinajstić information content (AvgIpc) is 2.97. The van der Waals surface area contributed by atoms with Crippen LogP contribution in [0, 0.1) is 13.8 Å². The van der Waals surface area contributed by atoms with Gasteiger partial charge in [0.1, 0.15) is 0 Å². The van der Waals surface area contributed by atoms with E-state index in [0.29, 0.717) is 32.6 Å². The van der Waals surface area contributed by atoms with Gasteiger partial charge in [-0.1, -0.05) is 29.8 Å². The molecule has 26 heavy (non-hydrogen) atoms. The fraction of sp³-hybridized carbons (Fsp3) is 0.500. The summed E-state index contributed by atoms with van der Waals surface area (Å²) in [6.45, 7) is 6.25. The first kappa shape index (κ1) is 19.0. The number of likely N-dealkylation sites (tertiary alicyclic amines) is 1. The molecule has 1 aromatic carbocycles. The number of amides is 1. The first-order valence-corrected chi connectivity index (χ1v) is 9.90. The van der Waals surface area contributed by atoms with Crippen molar-refractivity contribution in [3.8, 4) is 0 Å². The van der Waals surface area contributed by atoms with Gasteiger partial charge in [0.15, 0.2) is 5.60 Å². The van der Waals surface area contributed by atoms with E-state index in [9.17, 15) is 9.90 Å². The molecule has 2 heterocycles. The normalized spacial score (nSPS) is 20.8. The summed E-state index contributed by atoms with van der Waals surface area (Å²) in [7, 11) is 1.93. The van der Waals surface area contributed by atoms with E-state index in [-0.39, 0.29) is 5.91 Å². The van der Waals surface area contributed by atoms with Crippen LogP contribution in [0.4, 0.5) is 0 Å². The van der Waals surface area contributed by atoms with Crippen molar-refractivity contribution in [1.82, 2.24) is 14.8 Å². The summed E-state index contributed by atoms with van der Waals surface area (Å²) >= 11 is 1.62. The lowest BCUT2D eigenvalue weighted by Crippen LogP contribution is -2.57. The van der Waals surface area contributed by atoms with E-state index in [1.54, 1.807) is 16.2 Å². The lowest BCUT2D eigenvalue weighted by Gasteiger charge is -2.40. The van der Waals surface area contributed by atoms with Crippen molar-refractivity contribution in [2.75, 3.05) is 20.1 Å². The van der Waals surface area contributed by atoms with Gasteiger partial charge in [0.25, 0.3) is 5.91 Å². The first-order valence-electron chi connectivity index (χ1n) is 9.02. The monoisotopic (exact) mass is 373 g/mol. The highest BCUT2D eigenvalue weighted by molar-refractivity contribution is 7.09. The van der Waals surface area contributed by atoms with Crippen molar-refractivity contribution in [3.63, 3.8) is 0 Å². The van der Waals surface area contributed by atoms with Crippen LogP contribution >= 0.6 is 11.3 Å². The summed E-state index contributed by atoms with van der Waals surface area (Å²) in [5.41, 5.74) is 1.95. The highest BCUT2D eigenvalue weighted by Crippen LogP contribution is 2.26. The minimum absolute atomic E-state index is 0.161. The minimum Gasteiger partial charge on any atom is -0.379 e. The zero-order chi connectivity index (χ0) is 18.7. The van der Waals surface area contributed by atoms with Crippen molar-refractivity contribution in [2.24, 2.45) is 0 Å². The maximum Gasteiger partial charge on any atom is 0.256 e. The largest absolute Gasteiger partial charge is 0.379 e. The molecule has 0 bridgehead atoms. The van der Waals surface area contributed by atoms with Gasteiger partial charge in [-0.3, -0.25) is 9.69 Å². The second-order valence-electron chi connectivity index (χ2n) is 7.38. The Hall–Kier alpha value is -1.76. The molecule has 1 amide bonds. The predicted molar refractivity (Wildman–Crippen MR) is 104 cm³/mol. The Bertz CT molecular complexity index is 776. The van der Waals surface area contributed by atoms with Crippen molar-refractivity contribution in [1.29, 1.82) is 0 Å². The number of thiazole rings is 1. The van der Waals surface area contributed by atoms with Crippen molar-refractivity contribution in [3.05, 3.63) is 51.5 Å². The van der Waals surface area contributed by atoms with E-state index in [4.69, 9.17) is 0 Å². The second-order valence-corrected chi connectivity index (χ2v) is 8.44. The Morgan fingerprint density at radius 3 is 2.88 bits per heavy atom. The van der Waals surface area contributed by atoms with E-state index in [0.717, 1.165) is 22.7 Å². The summed E-state index contributed by atoms with van der Waals surface area (Å²) in [6, 6.07) is 8.18. The van der Waals surface area contributed by atoms with Gasteiger partial charge in [-0.15, -0.1) is 11.3 Å². The van der Waals surface area contributed by atoms with E-state index in [1.807, 2.05) is 49.4 Å².